The first-order valence-electron chi connectivity index (χ1n) is 4.87. The van der Waals surface area contributed by atoms with Gasteiger partial charge < -0.3 is 20.3 Å². The Bertz CT molecular complexity index is 418. The number of aliphatic carboxylic acids is 1. The molecule has 0 aliphatic heterocycles. The third kappa shape index (κ3) is 3.46. The van der Waals surface area contributed by atoms with Crippen molar-refractivity contribution in [1.29, 1.82) is 0 Å². The fourth-order valence-electron chi connectivity index (χ4n) is 1.24. The lowest BCUT2D eigenvalue weighted by Gasteiger charge is -2.13. The highest BCUT2D eigenvalue weighted by Crippen LogP contribution is 2.15. The summed E-state index contributed by atoms with van der Waals surface area (Å²) in [7, 11) is 1.34. The number of benzene rings is 1. The average Bonchev–Trinajstić information content (AvgIpc) is 2.28. The molecule has 0 aromatic heterocycles. The Balaban J connectivity index is 2.77. The molecule has 0 saturated carbocycles. The van der Waals surface area contributed by atoms with E-state index in [1.807, 2.05) is 0 Å². The van der Waals surface area contributed by atoms with Crippen LogP contribution < -0.4 is 5.32 Å². The number of rotatable bonds is 5. The second-order valence-corrected chi connectivity index (χ2v) is 3.34. The topological polar surface area (TPSA) is 95.9 Å². The number of methoxy groups -OCH3 is 1. The zero-order valence-electron chi connectivity index (χ0n) is 9.21. The number of nitrogens with one attached hydrogen (secondary N) is 1. The number of carboxylic acid groups (broad SMARTS) is 1. The molecule has 3 N–H and O–H groups in total. The molecule has 1 aromatic rings. The minimum atomic E-state index is -1.20. The molecule has 1 unspecified atom stereocenters. The Hall–Kier alpha value is -2.08. The molecular formula is C11H13NO5. The molecule has 92 valence electrons. The molecule has 1 rings (SSSR count). The van der Waals surface area contributed by atoms with Gasteiger partial charge >= 0.3 is 5.97 Å². The second-order valence-electron chi connectivity index (χ2n) is 3.34. The first-order chi connectivity index (χ1) is 8.06. The van der Waals surface area contributed by atoms with Crippen molar-refractivity contribution in [3.8, 4) is 5.75 Å². The minimum absolute atomic E-state index is 0.0230. The van der Waals surface area contributed by atoms with Gasteiger partial charge in [-0.1, -0.05) is 12.1 Å². The molecule has 0 heterocycles. The summed E-state index contributed by atoms with van der Waals surface area (Å²) in [5.74, 6) is -2.06. The van der Waals surface area contributed by atoms with E-state index in [2.05, 4.69) is 10.1 Å². The molecule has 1 aromatic carbocycles. The van der Waals surface area contributed by atoms with E-state index in [4.69, 9.17) is 5.11 Å². The van der Waals surface area contributed by atoms with Gasteiger partial charge in [-0.25, -0.2) is 4.79 Å². The van der Waals surface area contributed by atoms with Crippen molar-refractivity contribution >= 4 is 11.9 Å². The summed E-state index contributed by atoms with van der Waals surface area (Å²) >= 11 is 0. The van der Waals surface area contributed by atoms with Crippen LogP contribution in [0.25, 0.3) is 0 Å². The molecule has 6 nitrogen and oxygen atoms in total. The predicted molar refractivity (Wildman–Crippen MR) is 58.9 cm³/mol. The van der Waals surface area contributed by atoms with E-state index in [-0.39, 0.29) is 17.9 Å². The van der Waals surface area contributed by atoms with E-state index in [0.29, 0.717) is 0 Å². The number of carboxylic acids is 1. The van der Waals surface area contributed by atoms with Crippen molar-refractivity contribution in [2.24, 2.45) is 0 Å². The number of hydrogen-bond donors (Lipinski definition) is 3. The average molecular weight is 239 g/mol. The van der Waals surface area contributed by atoms with Crippen LogP contribution in [0.1, 0.15) is 10.4 Å². The summed E-state index contributed by atoms with van der Waals surface area (Å²) in [5, 5.41) is 20.5. The van der Waals surface area contributed by atoms with Gasteiger partial charge in [0.15, 0.2) is 6.04 Å². The molecule has 0 saturated heterocycles. The zero-order valence-corrected chi connectivity index (χ0v) is 9.21. The number of phenols is 1. The van der Waals surface area contributed by atoms with Crippen LogP contribution in [-0.4, -0.2) is 41.8 Å². The van der Waals surface area contributed by atoms with E-state index in [9.17, 15) is 14.7 Å². The van der Waals surface area contributed by atoms with Gasteiger partial charge in [0.1, 0.15) is 5.75 Å². The SMILES string of the molecule is COCC(NC(=O)c1ccccc1O)C(=O)O. The quantitative estimate of drug-likeness (QED) is 0.683. The fourth-order valence-corrected chi connectivity index (χ4v) is 1.24. The van der Waals surface area contributed by atoms with E-state index in [0.717, 1.165) is 0 Å². The van der Waals surface area contributed by atoms with Crippen molar-refractivity contribution in [3.63, 3.8) is 0 Å². The second kappa shape index (κ2) is 5.86. The van der Waals surface area contributed by atoms with E-state index < -0.39 is 17.9 Å². The van der Waals surface area contributed by atoms with Crippen molar-refractivity contribution in [2.75, 3.05) is 13.7 Å². The summed E-state index contributed by atoms with van der Waals surface area (Å²) in [6.07, 6.45) is 0. The Morgan fingerprint density at radius 1 is 1.41 bits per heavy atom. The van der Waals surface area contributed by atoms with Crippen LogP contribution in [0, 0.1) is 0 Å². The van der Waals surface area contributed by atoms with Gasteiger partial charge in [-0.3, -0.25) is 4.79 Å². The van der Waals surface area contributed by atoms with Crippen LogP contribution >= 0.6 is 0 Å². The standard InChI is InChI=1S/C11H13NO5/c1-17-6-8(11(15)16)12-10(14)7-4-2-3-5-9(7)13/h2-5,8,13H,6H2,1H3,(H,12,14)(H,15,16). The number of hydrogen-bond acceptors (Lipinski definition) is 4. The van der Waals surface area contributed by atoms with E-state index in [1.165, 1.54) is 19.2 Å². The maximum absolute atomic E-state index is 11.7. The summed E-state index contributed by atoms with van der Waals surface area (Å²) < 4.78 is 4.67. The molecule has 0 aliphatic carbocycles. The summed E-state index contributed by atoms with van der Waals surface area (Å²) in [6.45, 7) is -0.144. The Morgan fingerprint density at radius 3 is 2.59 bits per heavy atom. The first-order valence-corrected chi connectivity index (χ1v) is 4.87. The number of ether oxygens (including phenoxy) is 1. The summed E-state index contributed by atoms with van der Waals surface area (Å²) in [5.41, 5.74) is 0.0230. The van der Waals surface area contributed by atoms with Crippen LogP contribution in [0.4, 0.5) is 0 Å². The van der Waals surface area contributed by atoms with Crippen LogP contribution in [-0.2, 0) is 9.53 Å². The molecule has 1 atom stereocenters. The first kappa shape index (κ1) is 13.0. The Labute approximate surface area is 97.8 Å². The van der Waals surface area contributed by atoms with Gasteiger partial charge in [0, 0.05) is 7.11 Å². The smallest absolute Gasteiger partial charge is 0.328 e. The maximum Gasteiger partial charge on any atom is 0.328 e. The van der Waals surface area contributed by atoms with Crippen molar-refractivity contribution in [1.82, 2.24) is 5.32 Å². The van der Waals surface area contributed by atoms with Gasteiger partial charge in [0.05, 0.1) is 12.2 Å². The van der Waals surface area contributed by atoms with Gasteiger partial charge in [-0.15, -0.1) is 0 Å². The van der Waals surface area contributed by atoms with E-state index >= 15 is 0 Å². The molecule has 17 heavy (non-hydrogen) atoms. The Morgan fingerprint density at radius 2 is 2.06 bits per heavy atom. The maximum atomic E-state index is 11.7. The molecule has 0 bridgehead atoms. The van der Waals surface area contributed by atoms with Crippen LogP contribution in [0.2, 0.25) is 0 Å². The van der Waals surface area contributed by atoms with Crippen molar-refractivity contribution in [3.05, 3.63) is 29.8 Å². The van der Waals surface area contributed by atoms with Crippen molar-refractivity contribution < 1.29 is 24.5 Å². The molecule has 6 heteroatoms. The lowest BCUT2D eigenvalue weighted by atomic mass is 10.1. The normalized spacial score (nSPS) is 11.8. The third-order valence-corrected chi connectivity index (χ3v) is 2.09. The van der Waals surface area contributed by atoms with Gasteiger partial charge in [0.2, 0.25) is 0 Å². The highest BCUT2D eigenvalue weighted by atomic mass is 16.5. The molecular weight excluding hydrogens is 226 g/mol. The highest BCUT2D eigenvalue weighted by molar-refractivity contribution is 5.98. The molecule has 0 radical (unpaired) electrons. The van der Waals surface area contributed by atoms with Crippen LogP contribution in [0.5, 0.6) is 5.75 Å². The number of carbonyl (C=O) groups is 2. The summed E-state index contributed by atoms with van der Waals surface area (Å²) in [6, 6.07) is 4.74. The molecule has 0 aliphatic rings. The van der Waals surface area contributed by atoms with Crippen LogP contribution in [0.3, 0.4) is 0 Å². The number of phenolic OH excluding ortho intramolecular Hbond substituents is 1. The Kier molecular flexibility index (Phi) is 4.47. The monoisotopic (exact) mass is 239 g/mol. The number of amides is 1. The number of aromatic hydroxyl groups is 1. The lowest BCUT2D eigenvalue weighted by molar-refractivity contribution is -0.140. The van der Waals surface area contributed by atoms with Gasteiger partial charge in [-0.05, 0) is 12.1 Å². The fraction of sp³-hybridized carbons (Fsp3) is 0.273. The number of para-hydroxylation sites is 1. The molecule has 0 fully saturated rings. The largest absolute Gasteiger partial charge is 0.507 e. The zero-order chi connectivity index (χ0) is 12.8. The number of carbonyl (C=O) groups excluding carboxylic acids is 1. The highest BCUT2D eigenvalue weighted by Gasteiger charge is 2.21. The van der Waals surface area contributed by atoms with Gasteiger partial charge in [0.25, 0.3) is 5.91 Å². The lowest BCUT2D eigenvalue weighted by Crippen LogP contribution is -2.43. The predicted octanol–water partition coefficient (Wildman–Crippen LogP) is 0.222. The van der Waals surface area contributed by atoms with Crippen molar-refractivity contribution in [2.45, 2.75) is 6.04 Å². The molecule has 0 spiro atoms. The third-order valence-electron chi connectivity index (χ3n) is 2.09. The van der Waals surface area contributed by atoms with Gasteiger partial charge in [-0.2, -0.15) is 0 Å². The van der Waals surface area contributed by atoms with E-state index in [1.54, 1.807) is 12.1 Å². The molecule has 1 amide bonds. The summed E-state index contributed by atoms with van der Waals surface area (Å²) in [4.78, 5) is 22.4. The van der Waals surface area contributed by atoms with Crippen LogP contribution in [0.15, 0.2) is 24.3 Å². The minimum Gasteiger partial charge on any atom is -0.507 e.